The summed E-state index contributed by atoms with van der Waals surface area (Å²) in [5, 5.41) is 11.0. The first-order valence-corrected chi connectivity index (χ1v) is 8.55. The highest BCUT2D eigenvalue weighted by molar-refractivity contribution is 6.34. The number of ether oxygens (including phenoxy) is 1. The van der Waals surface area contributed by atoms with Crippen LogP contribution >= 0.6 is 0 Å². The van der Waals surface area contributed by atoms with Gasteiger partial charge in [-0.2, -0.15) is 0 Å². The number of rotatable bonds is 5. The molecule has 0 saturated carbocycles. The first kappa shape index (κ1) is 17.5. The molecule has 1 heterocycles. The van der Waals surface area contributed by atoms with Gasteiger partial charge in [-0.3, -0.25) is 9.59 Å². The molecule has 1 aliphatic rings. The molecule has 138 valence electrons. The SMILES string of the molecule is O=C([O-])c1ccc2c(c1)C(=O)N(c1ccc(OCc3ccccc3)cc1)C2=O. The molecule has 0 aliphatic carbocycles. The van der Waals surface area contributed by atoms with Gasteiger partial charge in [-0.25, -0.2) is 4.90 Å². The topological polar surface area (TPSA) is 86.7 Å². The number of imide groups is 1. The third-order valence-corrected chi connectivity index (χ3v) is 4.47. The van der Waals surface area contributed by atoms with E-state index in [0.29, 0.717) is 18.0 Å². The summed E-state index contributed by atoms with van der Waals surface area (Å²) in [7, 11) is 0. The highest BCUT2D eigenvalue weighted by Crippen LogP contribution is 2.30. The van der Waals surface area contributed by atoms with Gasteiger partial charge in [0.05, 0.1) is 22.8 Å². The molecule has 6 nitrogen and oxygen atoms in total. The predicted octanol–water partition coefficient (Wildman–Crippen LogP) is 2.43. The molecule has 3 aromatic carbocycles. The summed E-state index contributed by atoms with van der Waals surface area (Å²) in [6.45, 7) is 0.402. The van der Waals surface area contributed by atoms with Crippen molar-refractivity contribution in [3.63, 3.8) is 0 Å². The number of carbonyl (C=O) groups excluding carboxylic acids is 3. The largest absolute Gasteiger partial charge is 0.545 e. The Hall–Kier alpha value is -3.93. The highest BCUT2D eigenvalue weighted by Gasteiger charge is 2.36. The van der Waals surface area contributed by atoms with Gasteiger partial charge in [-0.1, -0.05) is 36.4 Å². The molecule has 1 aliphatic heterocycles. The van der Waals surface area contributed by atoms with Gasteiger partial charge in [0.2, 0.25) is 0 Å². The Morgan fingerprint density at radius 3 is 2.21 bits per heavy atom. The number of carbonyl (C=O) groups is 3. The fourth-order valence-corrected chi connectivity index (χ4v) is 3.03. The molecule has 0 bridgehead atoms. The molecule has 28 heavy (non-hydrogen) atoms. The molecule has 3 aromatic rings. The molecule has 0 spiro atoms. The average Bonchev–Trinajstić information content (AvgIpc) is 2.97. The van der Waals surface area contributed by atoms with Crippen molar-refractivity contribution in [3.8, 4) is 5.75 Å². The van der Waals surface area contributed by atoms with E-state index in [2.05, 4.69) is 0 Å². The standard InChI is InChI=1S/C22H15NO5/c24-20-18-11-6-15(22(26)27)12-19(18)21(25)23(20)16-7-9-17(10-8-16)28-13-14-4-2-1-3-5-14/h1-12H,13H2,(H,26,27)/p-1. The van der Waals surface area contributed by atoms with Crippen molar-refractivity contribution in [3.05, 3.63) is 95.1 Å². The van der Waals surface area contributed by atoms with Crippen molar-refractivity contribution < 1.29 is 24.2 Å². The van der Waals surface area contributed by atoms with Crippen LogP contribution in [0.3, 0.4) is 0 Å². The van der Waals surface area contributed by atoms with Crippen molar-refractivity contribution >= 4 is 23.5 Å². The Morgan fingerprint density at radius 1 is 0.857 bits per heavy atom. The first-order chi connectivity index (χ1) is 13.5. The van der Waals surface area contributed by atoms with Crippen LogP contribution in [0, 0.1) is 0 Å². The molecule has 2 amide bonds. The van der Waals surface area contributed by atoms with Crippen LogP contribution < -0.4 is 14.7 Å². The minimum absolute atomic E-state index is 0.0519. The smallest absolute Gasteiger partial charge is 0.266 e. The Kier molecular flexibility index (Phi) is 4.37. The maximum absolute atomic E-state index is 12.6. The zero-order valence-corrected chi connectivity index (χ0v) is 14.6. The predicted molar refractivity (Wildman–Crippen MR) is 99.1 cm³/mol. The van der Waals surface area contributed by atoms with Gasteiger partial charge in [0, 0.05) is 0 Å². The summed E-state index contributed by atoms with van der Waals surface area (Å²) in [5.74, 6) is -1.87. The zero-order chi connectivity index (χ0) is 19.7. The number of aromatic carboxylic acids is 1. The molecule has 0 atom stereocenters. The number of anilines is 1. The van der Waals surface area contributed by atoms with E-state index in [0.717, 1.165) is 10.5 Å². The maximum Gasteiger partial charge on any atom is 0.266 e. The normalized spacial score (nSPS) is 12.8. The molecule has 6 heteroatoms. The average molecular weight is 372 g/mol. The lowest BCUT2D eigenvalue weighted by atomic mass is 10.1. The van der Waals surface area contributed by atoms with E-state index in [1.165, 1.54) is 18.2 Å². The van der Waals surface area contributed by atoms with Gasteiger partial charge in [0.25, 0.3) is 11.8 Å². The fraction of sp³-hybridized carbons (Fsp3) is 0.0455. The van der Waals surface area contributed by atoms with Crippen LogP contribution in [-0.2, 0) is 6.61 Å². The van der Waals surface area contributed by atoms with Crippen LogP contribution in [-0.4, -0.2) is 17.8 Å². The lowest BCUT2D eigenvalue weighted by Crippen LogP contribution is -2.29. The number of nitrogens with zero attached hydrogens (tertiary/aromatic N) is 1. The molecule has 0 unspecified atom stereocenters. The zero-order valence-electron chi connectivity index (χ0n) is 14.6. The third kappa shape index (κ3) is 3.12. The number of hydrogen-bond donors (Lipinski definition) is 0. The van der Waals surface area contributed by atoms with Crippen LogP contribution in [0.2, 0.25) is 0 Å². The second-order valence-corrected chi connectivity index (χ2v) is 6.26. The van der Waals surface area contributed by atoms with E-state index in [-0.39, 0.29) is 16.7 Å². The number of amides is 2. The number of benzene rings is 3. The quantitative estimate of drug-likeness (QED) is 0.642. The highest BCUT2D eigenvalue weighted by atomic mass is 16.5. The maximum atomic E-state index is 12.6. The lowest BCUT2D eigenvalue weighted by Gasteiger charge is -2.14. The Morgan fingerprint density at radius 2 is 1.54 bits per heavy atom. The molecule has 0 saturated heterocycles. The summed E-state index contributed by atoms with van der Waals surface area (Å²) in [5.41, 5.74) is 1.48. The van der Waals surface area contributed by atoms with Crippen LogP contribution in [0.25, 0.3) is 0 Å². The minimum Gasteiger partial charge on any atom is -0.545 e. The Balaban J connectivity index is 1.53. The molecule has 4 rings (SSSR count). The number of hydrogen-bond acceptors (Lipinski definition) is 5. The lowest BCUT2D eigenvalue weighted by molar-refractivity contribution is -0.255. The molecular formula is C22H14NO5-. The summed E-state index contributed by atoms with van der Waals surface area (Å²) >= 11 is 0. The van der Waals surface area contributed by atoms with E-state index in [4.69, 9.17) is 4.74 Å². The molecular weight excluding hydrogens is 358 g/mol. The van der Waals surface area contributed by atoms with Crippen molar-refractivity contribution in [1.29, 1.82) is 0 Å². The van der Waals surface area contributed by atoms with E-state index < -0.39 is 17.8 Å². The van der Waals surface area contributed by atoms with Crippen LogP contribution in [0.15, 0.2) is 72.8 Å². The van der Waals surface area contributed by atoms with Gasteiger partial charge in [0.15, 0.2) is 0 Å². The minimum atomic E-state index is -1.40. The third-order valence-electron chi connectivity index (χ3n) is 4.47. The second kappa shape index (κ2) is 7.00. The summed E-state index contributed by atoms with van der Waals surface area (Å²) < 4.78 is 5.71. The van der Waals surface area contributed by atoms with Crippen LogP contribution in [0.1, 0.15) is 36.6 Å². The van der Waals surface area contributed by atoms with Crippen LogP contribution in [0.5, 0.6) is 5.75 Å². The van der Waals surface area contributed by atoms with Crippen LogP contribution in [0.4, 0.5) is 5.69 Å². The molecule has 0 aromatic heterocycles. The molecule has 0 fully saturated rings. The number of carboxylic acid groups (broad SMARTS) is 1. The molecule has 0 radical (unpaired) electrons. The van der Waals surface area contributed by atoms with Gasteiger partial charge in [-0.05, 0) is 47.5 Å². The van der Waals surface area contributed by atoms with Gasteiger partial charge in [0.1, 0.15) is 12.4 Å². The number of carboxylic acids is 1. The number of fused-ring (bicyclic) bond motifs is 1. The monoisotopic (exact) mass is 372 g/mol. The van der Waals surface area contributed by atoms with Gasteiger partial charge >= 0.3 is 0 Å². The Bertz CT molecular complexity index is 1070. The first-order valence-electron chi connectivity index (χ1n) is 8.55. The summed E-state index contributed by atoms with van der Waals surface area (Å²) in [6, 6.07) is 20.0. The summed E-state index contributed by atoms with van der Waals surface area (Å²) in [4.78, 5) is 37.3. The van der Waals surface area contributed by atoms with Crippen molar-refractivity contribution in [1.82, 2.24) is 0 Å². The summed E-state index contributed by atoms with van der Waals surface area (Å²) in [6.07, 6.45) is 0. The van der Waals surface area contributed by atoms with Gasteiger partial charge in [-0.15, -0.1) is 0 Å². The van der Waals surface area contributed by atoms with E-state index in [1.807, 2.05) is 30.3 Å². The van der Waals surface area contributed by atoms with E-state index >= 15 is 0 Å². The molecule has 0 N–H and O–H groups in total. The van der Waals surface area contributed by atoms with E-state index in [1.54, 1.807) is 24.3 Å². The Labute approximate surface area is 160 Å². The van der Waals surface area contributed by atoms with Crippen molar-refractivity contribution in [2.45, 2.75) is 6.61 Å². The van der Waals surface area contributed by atoms with Crippen molar-refractivity contribution in [2.24, 2.45) is 0 Å². The van der Waals surface area contributed by atoms with Gasteiger partial charge < -0.3 is 14.6 Å². The fourth-order valence-electron chi connectivity index (χ4n) is 3.03. The van der Waals surface area contributed by atoms with E-state index in [9.17, 15) is 19.5 Å². The van der Waals surface area contributed by atoms with Crippen molar-refractivity contribution in [2.75, 3.05) is 4.90 Å². The second-order valence-electron chi connectivity index (χ2n) is 6.26.